The van der Waals surface area contributed by atoms with E-state index in [1.165, 1.54) is 7.05 Å². The molecule has 0 spiro atoms. The maximum atomic E-state index is 15.1. The molecule has 3 rings (SSSR count). The highest BCUT2D eigenvalue weighted by atomic mass is 19.2. The molecule has 0 unspecified atom stereocenters. The molecular formula is C25H12F10N2O8. The van der Waals surface area contributed by atoms with Gasteiger partial charge in [0.15, 0.2) is 29.1 Å². The molecule has 4 N–H and O–H groups in total. The van der Waals surface area contributed by atoms with Gasteiger partial charge in [-0.25, -0.2) is 27.2 Å². The number of aromatic carboxylic acids is 2. The molecule has 240 valence electrons. The maximum absolute atomic E-state index is 15.1. The Morgan fingerprint density at radius 3 is 1.18 bits per heavy atom. The molecule has 0 saturated heterocycles. The number of carboxylic acid groups (broad SMARTS) is 2. The molecule has 20 heteroatoms. The molecule has 3 aromatic rings. The van der Waals surface area contributed by atoms with Gasteiger partial charge in [0.05, 0.1) is 17.8 Å². The summed E-state index contributed by atoms with van der Waals surface area (Å²) in [6, 6.07) is 0. The van der Waals surface area contributed by atoms with Crippen LogP contribution in [0.2, 0.25) is 0 Å². The second kappa shape index (κ2) is 12.7. The summed E-state index contributed by atoms with van der Waals surface area (Å²) in [5, 5.41) is 22.2. The van der Waals surface area contributed by atoms with E-state index in [1.54, 1.807) is 5.32 Å². The van der Waals surface area contributed by atoms with Gasteiger partial charge in [-0.1, -0.05) is 0 Å². The summed E-state index contributed by atoms with van der Waals surface area (Å²) >= 11 is 0. The van der Waals surface area contributed by atoms with E-state index in [2.05, 4.69) is 14.8 Å². The Labute approximate surface area is 241 Å². The highest BCUT2D eigenvalue weighted by Crippen LogP contribution is 2.43. The number of ketones is 1. The van der Waals surface area contributed by atoms with Crippen molar-refractivity contribution in [1.82, 2.24) is 10.6 Å². The van der Waals surface area contributed by atoms with Crippen molar-refractivity contribution < 1.29 is 82.8 Å². The third-order valence-electron chi connectivity index (χ3n) is 5.58. The smallest absolute Gasteiger partial charge is 0.339 e. The van der Waals surface area contributed by atoms with E-state index >= 15 is 4.39 Å². The number of ether oxygens (including phenoxy) is 2. The van der Waals surface area contributed by atoms with Crippen LogP contribution in [-0.4, -0.2) is 47.6 Å². The fourth-order valence-corrected chi connectivity index (χ4v) is 3.63. The Morgan fingerprint density at radius 2 is 0.844 bits per heavy atom. The lowest BCUT2D eigenvalue weighted by molar-refractivity contribution is 0.0674. The number of carbonyl (C=O) groups is 4. The van der Waals surface area contributed by atoms with Crippen LogP contribution in [0.25, 0.3) is 0 Å². The molecule has 0 heterocycles. The van der Waals surface area contributed by atoms with Crippen molar-refractivity contribution in [3.63, 3.8) is 0 Å². The third kappa shape index (κ3) is 5.78. The summed E-state index contributed by atoms with van der Waals surface area (Å²) < 4.78 is 156. The number of nitrogens with one attached hydrogen (secondary N) is 2. The van der Waals surface area contributed by atoms with Crippen molar-refractivity contribution in [2.45, 2.75) is 6.92 Å². The van der Waals surface area contributed by atoms with Crippen LogP contribution < -0.4 is 20.1 Å². The predicted octanol–water partition coefficient (Wildman–Crippen LogP) is 5.17. The second-order valence-electron chi connectivity index (χ2n) is 8.36. The average molecular weight is 658 g/mol. The van der Waals surface area contributed by atoms with Gasteiger partial charge in [0, 0.05) is 0 Å². The van der Waals surface area contributed by atoms with Crippen LogP contribution in [0.4, 0.5) is 43.9 Å². The zero-order valence-corrected chi connectivity index (χ0v) is 21.8. The topological polar surface area (TPSA) is 151 Å². The molecule has 0 aliphatic rings. The molecule has 0 atom stereocenters. The lowest BCUT2D eigenvalue weighted by Crippen LogP contribution is -2.34. The largest absolute Gasteiger partial charge is 0.478 e. The molecule has 3 aromatic carbocycles. The zero-order valence-electron chi connectivity index (χ0n) is 21.8. The summed E-state index contributed by atoms with van der Waals surface area (Å²) in [6.07, 6.45) is 0. The van der Waals surface area contributed by atoms with Crippen molar-refractivity contribution in [3.05, 3.63) is 80.4 Å². The van der Waals surface area contributed by atoms with Gasteiger partial charge < -0.3 is 30.3 Å². The van der Waals surface area contributed by atoms with Crippen LogP contribution in [0.1, 0.15) is 48.4 Å². The Kier molecular flexibility index (Phi) is 9.61. The van der Waals surface area contributed by atoms with Crippen molar-refractivity contribution in [3.8, 4) is 23.0 Å². The molecule has 0 bridgehead atoms. The number of hydrogen-bond acceptors (Lipinski definition) is 7. The predicted molar refractivity (Wildman–Crippen MR) is 124 cm³/mol. The van der Waals surface area contributed by atoms with E-state index in [1.807, 2.05) is 0 Å². The molecular weight excluding hydrogens is 646 g/mol. The van der Waals surface area contributed by atoms with E-state index in [9.17, 15) is 58.7 Å². The molecule has 10 nitrogen and oxygen atoms in total. The van der Waals surface area contributed by atoms with Crippen molar-refractivity contribution in [2.75, 3.05) is 13.7 Å². The highest BCUT2D eigenvalue weighted by Gasteiger charge is 2.38. The number of halogens is 10. The first kappa shape index (κ1) is 34.1. The zero-order chi connectivity index (χ0) is 34.2. The quantitative estimate of drug-likeness (QED) is 0.100. The first-order valence-electron chi connectivity index (χ1n) is 11.4. The van der Waals surface area contributed by atoms with Gasteiger partial charge in [0.1, 0.15) is 11.1 Å². The van der Waals surface area contributed by atoms with Gasteiger partial charge in [-0.2, -0.15) is 26.3 Å². The fourth-order valence-electron chi connectivity index (χ4n) is 3.63. The normalized spacial score (nSPS) is 10.9. The molecule has 0 saturated carbocycles. The van der Waals surface area contributed by atoms with Crippen LogP contribution >= 0.6 is 0 Å². The molecule has 0 aliphatic heterocycles. The average Bonchev–Trinajstić information content (AvgIpc) is 2.96. The molecule has 0 aliphatic carbocycles. The number of hydrogen-bond donors (Lipinski definition) is 4. The number of amides is 1. The van der Waals surface area contributed by atoms with Gasteiger partial charge >= 0.3 is 11.9 Å². The van der Waals surface area contributed by atoms with E-state index in [-0.39, 0.29) is 0 Å². The first-order chi connectivity index (χ1) is 20.9. The molecule has 0 aromatic heterocycles. The molecule has 45 heavy (non-hydrogen) atoms. The monoisotopic (exact) mass is 658 g/mol. The lowest BCUT2D eigenvalue weighted by Gasteiger charge is -2.17. The number of carboxylic acids is 2. The van der Waals surface area contributed by atoms with E-state index < -0.39 is 134 Å². The summed E-state index contributed by atoms with van der Waals surface area (Å²) in [5.74, 6) is -44.0. The Hall–Kier alpha value is -5.40. The number of Topliss-reactive ketones (excluding diaryl/α,β-unsaturated/α-hetero) is 1. The third-order valence-corrected chi connectivity index (χ3v) is 5.58. The van der Waals surface area contributed by atoms with Gasteiger partial charge in [-0.05, 0) is 14.0 Å². The van der Waals surface area contributed by atoms with Gasteiger partial charge in [0.25, 0.3) is 5.91 Å². The Morgan fingerprint density at radius 1 is 0.533 bits per heavy atom. The second-order valence-corrected chi connectivity index (χ2v) is 8.36. The van der Waals surface area contributed by atoms with Crippen molar-refractivity contribution in [1.29, 1.82) is 0 Å². The van der Waals surface area contributed by atoms with Crippen LogP contribution in [0.5, 0.6) is 23.0 Å². The van der Waals surface area contributed by atoms with E-state index in [0.717, 1.165) is 0 Å². The number of carbonyl (C=O) groups excluding carboxylic acids is 2. The Bertz CT molecular complexity index is 1790. The maximum Gasteiger partial charge on any atom is 0.339 e. The van der Waals surface area contributed by atoms with Gasteiger partial charge in [-0.15, -0.1) is 0 Å². The highest BCUT2D eigenvalue weighted by molar-refractivity contribution is 6.06. The van der Waals surface area contributed by atoms with E-state index in [0.29, 0.717) is 6.92 Å². The van der Waals surface area contributed by atoms with Crippen LogP contribution in [0, 0.1) is 58.2 Å². The fraction of sp³-hybridized carbons (Fsp3) is 0.120. The molecule has 1 amide bonds. The molecule has 0 fully saturated rings. The van der Waals surface area contributed by atoms with Crippen molar-refractivity contribution in [2.24, 2.45) is 0 Å². The number of benzene rings is 3. The van der Waals surface area contributed by atoms with E-state index in [4.69, 9.17) is 10.2 Å². The first-order valence-corrected chi connectivity index (χ1v) is 11.4. The van der Waals surface area contributed by atoms with Crippen LogP contribution in [0.15, 0.2) is 0 Å². The SMILES string of the molecule is CNCNC(=O)c1c(F)c(Oc2c(F)c(F)c(Oc3c(F)c(F)c(C(=O)O)c(C(C)=O)c3F)c(F)c2F)c(F)c(F)c1C(=O)O. The summed E-state index contributed by atoms with van der Waals surface area (Å²) in [6.45, 7) is -0.0653. The van der Waals surface area contributed by atoms with Crippen molar-refractivity contribution >= 4 is 23.6 Å². The summed E-state index contributed by atoms with van der Waals surface area (Å²) in [4.78, 5) is 46.5. The summed E-state index contributed by atoms with van der Waals surface area (Å²) in [5.41, 5.74) is -7.32. The Balaban J connectivity index is 2.25. The minimum Gasteiger partial charge on any atom is -0.478 e. The van der Waals surface area contributed by atoms with Gasteiger partial charge in [0.2, 0.25) is 57.9 Å². The standard InChI is InChI=1S/C25H12F10N2O8/c1-4(38)5-7(24(40)41)9(26)13(30)19(11(5)28)44-21-15(32)17(34)22(18(35)16(21)33)45-20-12(29)6(23(39)37-3-36-2)8(25(42)43)10(27)14(20)31/h36H,3H2,1-2H3,(H,37,39)(H,40,41)(H,42,43). The summed E-state index contributed by atoms with van der Waals surface area (Å²) in [7, 11) is 1.23. The minimum atomic E-state index is -2.82. The minimum absolute atomic E-state index is 0.457. The van der Waals surface area contributed by atoms with Gasteiger partial charge in [-0.3, -0.25) is 9.59 Å². The molecule has 0 radical (unpaired) electrons. The number of rotatable bonds is 10. The van der Waals surface area contributed by atoms with Crippen LogP contribution in [-0.2, 0) is 0 Å². The van der Waals surface area contributed by atoms with Crippen LogP contribution in [0.3, 0.4) is 0 Å². The lowest BCUT2D eigenvalue weighted by atomic mass is 10.0.